The molecule has 0 spiro atoms. The van der Waals surface area contributed by atoms with E-state index in [2.05, 4.69) is 5.32 Å². The Hall–Kier alpha value is -2.11. The second-order valence-corrected chi connectivity index (χ2v) is 6.29. The zero-order valence-electron chi connectivity index (χ0n) is 13.6. The maximum atomic E-state index is 12.9. The zero-order valence-corrected chi connectivity index (χ0v) is 15.1. The molecule has 0 bridgehead atoms. The zero-order chi connectivity index (χ0) is 18.6. The summed E-state index contributed by atoms with van der Waals surface area (Å²) in [6.45, 7) is 3.20. The van der Waals surface area contributed by atoms with Gasteiger partial charge in [-0.25, -0.2) is 9.18 Å². The third-order valence-electron chi connectivity index (χ3n) is 3.52. The molecule has 1 amide bonds. The van der Waals surface area contributed by atoms with Crippen molar-refractivity contribution in [2.45, 2.75) is 26.0 Å². The third-order valence-corrected chi connectivity index (χ3v) is 4.08. The monoisotopic (exact) mass is 383 g/mol. The highest BCUT2D eigenvalue weighted by Gasteiger charge is 2.21. The summed E-state index contributed by atoms with van der Waals surface area (Å²) in [7, 11) is 0. The maximum absolute atomic E-state index is 12.9. The molecule has 132 valence electrons. The van der Waals surface area contributed by atoms with Crippen molar-refractivity contribution in [2.24, 2.45) is 0 Å². The molecule has 25 heavy (non-hydrogen) atoms. The van der Waals surface area contributed by atoms with Gasteiger partial charge >= 0.3 is 5.97 Å². The molecule has 0 heterocycles. The van der Waals surface area contributed by atoms with Gasteiger partial charge in [0.25, 0.3) is 5.91 Å². The van der Waals surface area contributed by atoms with Gasteiger partial charge in [-0.3, -0.25) is 4.79 Å². The lowest BCUT2D eigenvalue weighted by atomic mass is 10.1. The first kappa shape index (κ1) is 19.2. The first-order valence-electron chi connectivity index (χ1n) is 7.50. The Balaban J connectivity index is 1.97. The van der Waals surface area contributed by atoms with E-state index in [1.165, 1.54) is 19.1 Å². The van der Waals surface area contributed by atoms with Crippen LogP contribution in [0, 0.1) is 5.82 Å². The van der Waals surface area contributed by atoms with Gasteiger partial charge < -0.3 is 10.1 Å². The van der Waals surface area contributed by atoms with Crippen LogP contribution in [0.4, 0.5) is 4.39 Å². The van der Waals surface area contributed by atoms with Gasteiger partial charge in [0.2, 0.25) is 0 Å². The van der Waals surface area contributed by atoms with Crippen LogP contribution in [0.15, 0.2) is 42.5 Å². The Morgan fingerprint density at radius 1 is 1.08 bits per heavy atom. The predicted molar refractivity (Wildman–Crippen MR) is 94.3 cm³/mol. The van der Waals surface area contributed by atoms with Gasteiger partial charge in [0.1, 0.15) is 5.82 Å². The predicted octanol–water partition coefficient (Wildman–Crippen LogP) is 4.56. The van der Waals surface area contributed by atoms with Crippen LogP contribution >= 0.6 is 23.2 Å². The SMILES string of the molecule is C[C@H](OC(=O)c1ccc(F)cc1)C(=O)N[C@@H](C)c1ccc(Cl)cc1Cl. The number of ether oxygens (including phenoxy) is 1. The molecule has 2 rings (SSSR count). The van der Waals surface area contributed by atoms with Gasteiger partial charge in [-0.1, -0.05) is 29.3 Å². The summed E-state index contributed by atoms with van der Waals surface area (Å²) in [5, 5.41) is 3.64. The fourth-order valence-electron chi connectivity index (χ4n) is 2.13. The van der Waals surface area contributed by atoms with Crippen molar-refractivity contribution in [1.82, 2.24) is 5.32 Å². The van der Waals surface area contributed by atoms with Gasteiger partial charge in [-0.15, -0.1) is 0 Å². The van der Waals surface area contributed by atoms with Crippen LogP contribution in [0.25, 0.3) is 0 Å². The van der Waals surface area contributed by atoms with Crippen LogP contribution in [-0.2, 0) is 9.53 Å². The lowest BCUT2D eigenvalue weighted by molar-refractivity contribution is -0.129. The van der Waals surface area contributed by atoms with Crippen molar-refractivity contribution in [1.29, 1.82) is 0 Å². The summed E-state index contributed by atoms with van der Waals surface area (Å²) in [5.74, 6) is -1.65. The molecule has 0 unspecified atom stereocenters. The summed E-state index contributed by atoms with van der Waals surface area (Å²) >= 11 is 12.0. The number of hydrogen-bond acceptors (Lipinski definition) is 3. The van der Waals surface area contributed by atoms with Gasteiger partial charge in [-0.05, 0) is 55.8 Å². The number of halogens is 3. The Kier molecular flexibility index (Phi) is 6.39. The molecule has 0 saturated heterocycles. The average molecular weight is 384 g/mol. The van der Waals surface area contributed by atoms with E-state index in [1.54, 1.807) is 25.1 Å². The van der Waals surface area contributed by atoms with E-state index >= 15 is 0 Å². The summed E-state index contributed by atoms with van der Waals surface area (Å²) in [6.07, 6.45) is -1.02. The number of benzene rings is 2. The summed E-state index contributed by atoms with van der Waals surface area (Å²) in [4.78, 5) is 24.2. The molecule has 2 atom stereocenters. The van der Waals surface area contributed by atoms with Gasteiger partial charge in [-0.2, -0.15) is 0 Å². The van der Waals surface area contributed by atoms with Gasteiger partial charge in [0.15, 0.2) is 6.10 Å². The van der Waals surface area contributed by atoms with Crippen molar-refractivity contribution in [3.8, 4) is 0 Å². The second kappa shape index (κ2) is 8.32. The highest BCUT2D eigenvalue weighted by atomic mass is 35.5. The normalized spacial score (nSPS) is 13.0. The first-order valence-corrected chi connectivity index (χ1v) is 8.25. The second-order valence-electron chi connectivity index (χ2n) is 5.45. The van der Waals surface area contributed by atoms with Crippen LogP contribution in [0.1, 0.15) is 35.8 Å². The Labute approximate surface area is 154 Å². The van der Waals surface area contributed by atoms with Crippen LogP contribution in [-0.4, -0.2) is 18.0 Å². The van der Waals surface area contributed by atoms with E-state index in [0.717, 1.165) is 12.1 Å². The van der Waals surface area contributed by atoms with E-state index in [-0.39, 0.29) is 5.56 Å². The van der Waals surface area contributed by atoms with Crippen molar-refractivity contribution < 1.29 is 18.7 Å². The van der Waals surface area contributed by atoms with Gasteiger partial charge in [0.05, 0.1) is 11.6 Å². The smallest absolute Gasteiger partial charge is 0.338 e. The number of rotatable bonds is 5. The number of carbonyl (C=O) groups excluding carboxylic acids is 2. The molecule has 1 N–H and O–H groups in total. The quantitative estimate of drug-likeness (QED) is 0.770. The molecule has 0 saturated carbocycles. The van der Waals surface area contributed by atoms with Crippen molar-refractivity contribution >= 4 is 35.1 Å². The first-order chi connectivity index (χ1) is 11.8. The van der Waals surface area contributed by atoms with E-state index in [1.807, 2.05) is 0 Å². The molecular formula is C18H16Cl2FNO3. The van der Waals surface area contributed by atoms with Crippen LogP contribution in [0.5, 0.6) is 0 Å². The van der Waals surface area contributed by atoms with Crippen LogP contribution < -0.4 is 5.32 Å². The summed E-state index contributed by atoms with van der Waals surface area (Å²) < 4.78 is 18.0. The van der Waals surface area contributed by atoms with E-state index in [9.17, 15) is 14.0 Å². The fourth-order valence-corrected chi connectivity index (χ4v) is 2.70. The minimum Gasteiger partial charge on any atom is -0.449 e. The van der Waals surface area contributed by atoms with Crippen molar-refractivity contribution in [2.75, 3.05) is 0 Å². The number of hydrogen-bond donors (Lipinski definition) is 1. The van der Waals surface area contributed by atoms with E-state index in [4.69, 9.17) is 27.9 Å². The number of esters is 1. The molecular weight excluding hydrogens is 368 g/mol. The molecule has 0 aromatic heterocycles. The lowest BCUT2D eigenvalue weighted by Crippen LogP contribution is -2.37. The number of carbonyl (C=O) groups is 2. The minimum atomic E-state index is -1.02. The molecule has 0 aliphatic heterocycles. The highest BCUT2D eigenvalue weighted by molar-refractivity contribution is 6.35. The average Bonchev–Trinajstić information content (AvgIpc) is 2.55. The molecule has 7 heteroatoms. The molecule has 2 aromatic carbocycles. The van der Waals surface area contributed by atoms with Crippen LogP contribution in [0.3, 0.4) is 0 Å². The topological polar surface area (TPSA) is 55.4 Å². The van der Waals surface area contributed by atoms with E-state index < -0.39 is 29.8 Å². The highest BCUT2D eigenvalue weighted by Crippen LogP contribution is 2.26. The summed E-state index contributed by atoms with van der Waals surface area (Å²) in [5.41, 5.74) is 0.853. The fraction of sp³-hybridized carbons (Fsp3) is 0.222. The molecule has 4 nitrogen and oxygen atoms in total. The Bertz CT molecular complexity index is 780. The standard InChI is InChI=1S/C18H16Cl2FNO3/c1-10(15-8-5-13(19)9-16(15)20)22-17(23)11(2)25-18(24)12-3-6-14(21)7-4-12/h3-11H,1-2H3,(H,22,23)/t10-,11-/m0/s1. The molecule has 0 radical (unpaired) electrons. The lowest BCUT2D eigenvalue weighted by Gasteiger charge is -2.19. The van der Waals surface area contributed by atoms with Crippen LogP contribution in [0.2, 0.25) is 10.0 Å². The molecule has 2 aromatic rings. The maximum Gasteiger partial charge on any atom is 0.338 e. The molecule has 0 aliphatic rings. The van der Waals surface area contributed by atoms with Crippen molar-refractivity contribution in [3.63, 3.8) is 0 Å². The molecule has 0 fully saturated rings. The Morgan fingerprint density at radius 2 is 1.72 bits per heavy atom. The number of nitrogens with one attached hydrogen (secondary N) is 1. The van der Waals surface area contributed by atoms with E-state index in [0.29, 0.717) is 15.6 Å². The largest absolute Gasteiger partial charge is 0.449 e. The van der Waals surface area contributed by atoms with Crippen molar-refractivity contribution in [3.05, 3.63) is 69.5 Å². The van der Waals surface area contributed by atoms with Gasteiger partial charge in [0, 0.05) is 10.0 Å². The third kappa shape index (κ3) is 5.18. The minimum absolute atomic E-state index is 0.162. The summed E-state index contributed by atoms with van der Waals surface area (Å²) in [6, 6.07) is 9.44. The Morgan fingerprint density at radius 3 is 2.32 bits per heavy atom. The number of amides is 1. The molecule has 0 aliphatic carbocycles.